The van der Waals surface area contributed by atoms with Crippen LogP contribution in [-0.4, -0.2) is 37.7 Å². The number of hydrogen-bond donors (Lipinski definition) is 1. The molecule has 2 fully saturated rings. The van der Waals surface area contributed by atoms with Crippen LogP contribution in [-0.2, 0) is 9.84 Å². The van der Waals surface area contributed by atoms with E-state index in [4.69, 9.17) is 0 Å². The number of halogens is 3. The maximum Gasteiger partial charge on any atom is 0.501 e. The van der Waals surface area contributed by atoms with Crippen molar-refractivity contribution >= 4 is 15.5 Å². The molecule has 0 atom stereocenters. The first-order valence-corrected chi connectivity index (χ1v) is 8.01. The lowest BCUT2D eigenvalue weighted by molar-refractivity contribution is -0.0436. The summed E-state index contributed by atoms with van der Waals surface area (Å²) in [4.78, 5) is 0.729. The lowest BCUT2D eigenvalue weighted by Gasteiger charge is -2.48. The van der Waals surface area contributed by atoms with E-state index < -0.39 is 25.8 Å². The van der Waals surface area contributed by atoms with Gasteiger partial charge in [-0.15, -0.1) is 0 Å². The van der Waals surface area contributed by atoms with E-state index in [1.54, 1.807) is 0 Å². The van der Waals surface area contributed by atoms with E-state index in [1.807, 2.05) is 0 Å². The van der Waals surface area contributed by atoms with Crippen LogP contribution >= 0.6 is 0 Å². The molecule has 0 bridgehead atoms. The Bertz CT molecular complexity index is 661. The second kappa shape index (κ2) is 4.36. The van der Waals surface area contributed by atoms with E-state index in [0.29, 0.717) is 0 Å². The molecule has 0 spiro atoms. The summed E-state index contributed by atoms with van der Waals surface area (Å²) in [6.07, 6.45) is 1.82. The van der Waals surface area contributed by atoms with Gasteiger partial charge in [-0.3, -0.25) is 0 Å². The van der Waals surface area contributed by atoms with Crippen LogP contribution in [0.2, 0.25) is 0 Å². The Kier molecular flexibility index (Phi) is 3.04. The molecule has 0 radical (unpaired) electrons. The number of aliphatic hydroxyl groups is 1. The van der Waals surface area contributed by atoms with Gasteiger partial charge >= 0.3 is 5.51 Å². The smallest absolute Gasteiger partial charge is 0.386 e. The highest BCUT2D eigenvalue weighted by molar-refractivity contribution is 7.92. The number of nitrogens with zero attached hydrogens (tertiary/aromatic N) is 1. The van der Waals surface area contributed by atoms with Crippen molar-refractivity contribution < 1.29 is 26.7 Å². The Morgan fingerprint density at radius 3 is 2.29 bits per heavy atom. The van der Waals surface area contributed by atoms with Gasteiger partial charge in [0.15, 0.2) is 0 Å². The van der Waals surface area contributed by atoms with Gasteiger partial charge in [-0.1, -0.05) is 12.1 Å². The second-order valence-corrected chi connectivity index (χ2v) is 7.56. The summed E-state index contributed by atoms with van der Waals surface area (Å²) in [5.74, 6) is 0.181. The standard InChI is InChI=1S/C13H14F3NO3S/c14-13(15,16)21(19,20)11-4-2-1-3-10(11)17-7-12(18,8-17)9-5-6-9/h1-4,9,18H,5-8H2. The van der Waals surface area contributed by atoms with Crippen molar-refractivity contribution in [3.63, 3.8) is 0 Å². The van der Waals surface area contributed by atoms with Crippen LogP contribution in [0.15, 0.2) is 29.2 Å². The molecule has 0 amide bonds. The average Bonchev–Trinajstić information content (AvgIpc) is 3.18. The average molecular weight is 321 g/mol. The van der Waals surface area contributed by atoms with Gasteiger partial charge in [0, 0.05) is 13.1 Å². The van der Waals surface area contributed by atoms with Crippen LogP contribution in [0, 0.1) is 5.92 Å². The molecule has 3 rings (SSSR count). The number of alkyl halides is 3. The predicted octanol–water partition coefficient (Wildman–Crippen LogP) is 1.94. The quantitative estimate of drug-likeness (QED) is 0.924. The molecule has 8 heteroatoms. The van der Waals surface area contributed by atoms with E-state index >= 15 is 0 Å². The summed E-state index contributed by atoms with van der Waals surface area (Å²) in [5.41, 5.74) is -6.23. The van der Waals surface area contributed by atoms with Crippen molar-refractivity contribution in [2.24, 2.45) is 5.92 Å². The van der Waals surface area contributed by atoms with Crippen molar-refractivity contribution in [2.75, 3.05) is 18.0 Å². The van der Waals surface area contributed by atoms with Crippen molar-refractivity contribution in [1.29, 1.82) is 0 Å². The van der Waals surface area contributed by atoms with Crippen molar-refractivity contribution in [1.82, 2.24) is 0 Å². The highest BCUT2D eigenvalue weighted by Gasteiger charge is 2.54. The Morgan fingerprint density at radius 2 is 1.76 bits per heavy atom. The van der Waals surface area contributed by atoms with E-state index in [-0.39, 0.29) is 24.7 Å². The van der Waals surface area contributed by atoms with Gasteiger partial charge in [-0.2, -0.15) is 13.2 Å². The first-order valence-electron chi connectivity index (χ1n) is 6.53. The molecule has 1 aliphatic heterocycles. The molecule has 116 valence electrons. The summed E-state index contributed by atoms with van der Waals surface area (Å²) in [7, 11) is -5.39. The van der Waals surface area contributed by atoms with Crippen molar-refractivity contribution in [3.8, 4) is 0 Å². The van der Waals surface area contributed by atoms with Crippen LogP contribution in [0.1, 0.15) is 12.8 Å². The van der Waals surface area contributed by atoms with Crippen molar-refractivity contribution in [3.05, 3.63) is 24.3 Å². The molecule has 4 nitrogen and oxygen atoms in total. The number of sulfone groups is 1. The lowest BCUT2D eigenvalue weighted by atomic mass is 9.88. The molecule has 1 aliphatic carbocycles. The monoisotopic (exact) mass is 321 g/mol. The molecule has 0 aromatic heterocycles. The minimum Gasteiger partial charge on any atom is -0.386 e. The SMILES string of the molecule is O=S(=O)(c1ccccc1N1CC(O)(C2CC2)C1)C(F)(F)F. The van der Waals surface area contributed by atoms with E-state index in [2.05, 4.69) is 0 Å². The fraction of sp³-hybridized carbons (Fsp3) is 0.538. The van der Waals surface area contributed by atoms with Gasteiger partial charge in [0.05, 0.1) is 10.6 Å². The van der Waals surface area contributed by atoms with E-state index in [0.717, 1.165) is 18.9 Å². The topological polar surface area (TPSA) is 57.6 Å². The van der Waals surface area contributed by atoms with Gasteiger partial charge in [-0.05, 0) is 30.9 Å². The van der Waals surface area contributed by atoms with Gasteiger partial charge in [0.25, 0.3) is 9.84 Å². The normalized spacial score (nSPS) is 22.0. The second-order valence-electron chi connectivity index (χ2n) is 5.65. The number of rotatable bonds is 3. The zero-order valence-electron chi connectivity index (χ0n) is 11.0. The first kappa shape index (κ1) is 14.6. The Morgan fingerprint density at radius 1 is 1.19 bits per heavy atom. The molecular weight excluding hydrogens is 307 g/mol. The molecule has 1 heterocycles. The van der Waals surface area contributed by atoms with Gasteiger partial charge in [0.2, 0.25) is 0 Å². The summed E-state index contributed by atoms with van der Waals surface area (Å²) in [6.45, 7) is 0.337. The molecule has 1 aromatic rings. The third-order valence-corrected chi connectivity index (χ3v) is 5.60. The van der Waals surface area contributed by atoms with Crippen LogP contribution in [0.4, 0.5) is 18.9 Å². The third kappa shape index (κ3) is 2.30. The van der Waals surface area contributed by atoms with E-state index in [1.165, 1.54) is 23.1 Å². The van der Waals surface area contributed by atoms with Crippen LogP contribution < -0.4 is 4.90 Å². The maximum atomic E-state index is 12.7. The molecule has 2 aliphatic rings. The summed E-state index contributed by atoms with van der Waals surface area (Å²) in [6, 6.07) is 5.03. The number of anilines is 1. The predicted molar refractivity (Wildman–Crippen MR) is 69.6 cm³/mol. The summed E-state index contributed by atoms with van der Waals surface area (Å²) < 4.78 is 61.4. The Hall–Kier alpha value is -1.28. The highest BCUT2D eigenvalue weighted by atomic mass is 32.2. The number of benzene rings is 1. The lowest BCUT2D eigenvalue weighted by Crippen LogP contribution is -2.63. The maximum absolute atomic E-state index is 12.7. The van der Waals surface area contributed by atoms with E-state index in [9.17, 15) is 26.7 Å². The zero-order valence-corrected chi connectivity index (χ0v) is 11.8. The number of hydrogen-bond acceptors (Lipinski definition) is 4. The van der Waals surface area contributed by atoms with Crippen LogP contribution in [0.3, 0.4) is 0 Å². The fourth-order valence-electron chi connectivity index (χ4n) is 2.73. The fourth-order valence-corrected chi connectivity index (χ4v) is 3.71. The summed E-state index contributed by atoms with van der Waals surface area (Å²) >= 11 is 0. The molecule has 1 aromatic carbocycles. The van der Waals surface area contributed by atoms with Gasteiger partial charge in [0.1, 0.15) is 5.60 Å². The van der Waals surface area contributed by atoms with Gasteiger partial charge < -0.3 is 10.0 Å². The third-order valence-electron chi connectivity index (χ3n) is 4.07. The number of β-amino-alcohol motifs (C(OH)–C–C–N with tert-alkyl or cyclic N) is 1. The molecular formula is C13H14F3NO3S. The van der Waals surface area contributed by atoms with Crippen LogP contribution in [0.5, 0.6) is 0 Å². The van der Waals surface area contributed by atoms with Gasteiger partial charge in [-0.25, -0.2) is 8.42 Å². The Balaban J connectivity index is 1.92. The largest absolute Gasteiger partial charge is 0.501 e. The van der Waals surface area contributed by atoms with Crippen LogP contribution in [0.25, 0.3) is 0 Å². The van der Waals surface area contributed by atoms with Crippen molar-refractivity contribution in [2.45, 2.75) is 28.8 Å². The molecule has 0 unspecified atom stereocenters. The minimum atomic E-state index is -5.39. The molecule has 1 N–H and O–H groups in total. The molecule has 1 saturated heterocycles. The summed E-state index contributed by atoms with van der Waals surface area (Å²) in [5, 5.41) is 10.2. The zero-order chi connectivity index (χ0) is 15.5. The minimum absolute atomic E-state index is 0.000139. The Labute approximate surface area is 120 Å². The molecule has 1 saturated carbocycles. The highest BCUT2D eigenvalue weighted by Crippen LogP contribution is 2.47. The first-order chi connectivity index (χ1) is 9.65. The molecule has 21 heavy (non-hydrogen) atoms. The number of para-hydroxylation sites is 1.